The van der Waals surface area contributed by atoms with Crippen LogP contribution in [0.1, 0.15) is 62.7 Å². The fourth-order valence-corrected chi connectivity index (χ4v) is 3.37. The van der Waals surface area contributed by atoms with Gasteiger partial charge in [-0.15, -0.1) is 0 Å². The first kappa shape index (κ1) is 25.1. The maximum Gasteiger partial charge on any atom is 0.328 e. The number of nitrogens with one attached hydrogen (secondary N) is 2. The second-order valence-corrected chi connectivity index (χ2v) is 7.82. The van der Waals surface area contributed by atoms with Crippen LogP contribution in [0.25, 0.3) is 11.4 Å². The molecule has 0 fully saturated rings. The molecule has 0 saturated heterocycles. The van der Waals surface area contributed by atoms with Gasteiger partial charge in [0.1, 0.15) is 17.6 Å². The lowest BCUT2D eigenvalue weighted by Crippen LogP contribution is -2.45. The van der Waals surface area contributed by atoms with Crippen LogP contribution < -0.4 is 15.6 Å². The van der Waals surface area contributed by atoms with Crippen LogP contribution in [0, 0.1) is 5.92 Å². The topological polar surface area (TPSA) is 110 Å². The predicted octanol–water partition coefficient (Wildman–Crippen LogP) is 3.28. The second kappa shape index (κ2) is 11.5. The van der Waals surface area contributed by atoms with Crippen molar-refractivity contribution in [3.63, 3.8) is 0 Å². The maximum absolute atomic E-state index is 12.9. The number of H-pyrrole nitrogens is 1. The van der Waals surface area contributed by atoms with Crippen LogP contribution in [0.5, 0.6) is 5.75 Å². The molecular formula is C24H33N3O5. The molecule has 32 heavy (non-hydrogen) atoms. The van der Waals surface area contributed by atoms with E-state index in [-0.39, 0.29) is 11.5 Å². The number of aryl methyl sites for hydroxylation is 1. The molecule has 0 radical (unpaired) electrons. The van der Waals surface area contributed by atoms with Gasteiger partial charge in [0.25, 0.3) is 11.5 Å². The number of methoxy groups -OCH3 is 1. The first-order valence-electron chi connectivity index (χ1n) is 11.0. The fourth-order valence-electron chi connectivity index (χ4n) is 3.37. The lowest BCUT2D eigenvalue weighted by atomic mass is 10.0. The summed E-state index contributed by atoms with van der Waals surface area (Å²) in [5, 5.41) is 2.73. The number of ether oxygens (including phenoxy) is 2. The van der Waals surface area contributed by atoms with E-state index in [0.29, 0.717) is 53.4 Å². The van der Waals surface area contributed by atoms with Gasteiger partial charge in [-0.1, -0.05) is 34.6 Å². The molecule has 1 heterocycles. The van der Waals surface area contributed by atoms with Gasteiger partial charge in [0.15, 0.2) is 0 Å². The molecule has 0 aliphatic carbocycles. The van der Waals surface area contributed by atoms with Gasteiger partial charge in [0.05, 0.1) is 25.0 Å². The van der Waals surface area contributed by atoms with E-state index < -0.39 is 17.9 Å². The molecule has 1 aromatic carbocycles. The Morgan fingerprint density at radius 3 is 2.44 bits per heavy atom. The highest BCUT2D eigenvalue weighted by atomic mass is 16.5. The van der Waals surface area contributed by atoms with Crippen molar-refractivity contribution in [3.05, 3.63) is 45.4 Å². The van der Waals surface area contributed by atoms with Crippen LogP contribution >= 0.6 is 0 Å². The molecule has 1 atom stereocenters. The smallest absolute Gasteiger partial charge is 0.328 e. The zero-order chi connectivity index (χ0) is 23.8. The van der Waals surface area contributed by atoms with Gasteiger partial charge >= 0.3 is 5.97 Å². The number of aromatic amines is 1. The van der Waals surface area contributed by atoms with Gasteiger partial charge in [-0.05, 0) is 43.4 Å². The molecule has 2 N–H and O–H groups in total. The molecule has 2 aromatic rings. The Morgan fingerprint density at radius 1 is 1.16 bits per heavy atom. The van der Waals surface area contributed by atoms with E-state index in [1.165, 1.54) is 7.11 Å². The normalized spacial score (nSPS) is 11.8. The summed E-state index contributed by atoms with van der Waals surface area (Å²) in [5.41, 5.74) is 2.00. The Balaban J connectivity index is 2.54. The monoisotopic (exact) mass is 443 g/mol. The quantitative estimate of drug-likeness (QED) is 0.545. The summed E-state index contributed by atoms with van der Waals surface area (Å²) in [6.07, 6.45) is 1.99. The van der Waals surface area contributed by atoms with E-state index in [9.17, 15) is 14.4 Å². The van der Waals surface area contributed by atoms with Crippen molar-refractivity contribution in [2.45, 2.75) is 59.9 Å². The molecule has 8 nitrogen and oxygen atoms in total. The van der Waals surface area contributed by atoms with Gasteiger partial charge in [-0.2, -0.15) is 0 Å². The van der Waals surface area contributed by atoms with E-state index in [0.717, 1.165) is 6.42 Å². The Hall–Kier alpha value is -3.16. The van der Waals surface area contributed by atoms with Gasteiger partial charge in [-0.3, -0.25) is 9.59 Å². The van der Waals surface area contributed by atoms with Crippen LogP contribution in [0.15, 0.2) is 23.0 Å². The van der Waals surface area contributed by atoms with Crippen molar-refractivity contribution < 1.29 is 19.1 Å². The van der Waals surface area contributed by atoms with E-state index >= 15 is 0 Å². The van der Waals surface area contributed by atoms with Gasteiger partial charge < -0.3 is 19.8 Å². The Kier molecular flexibility index (Phi) is 8.99. The summed E-state index contributed by atoms with van der Waals surface area (Å²) in [5.74, 6) is -0.222. The third kappa shape index (κ3) is 5.75. The molecule has 8 heteroatoms. The van der Waals surface area contributed by atoms with Crippen LogP contribution in [-0.4, -0.2) is 41.6 Å². The zero-order valence-corrected chi connectivity index (χ0v) is 19.7. The van der Waals surface area contributed by atoms with E-state index in [4.69, 9.17) is 9.47 Å². The lowest BCUT2D eigenvalue weighted by molar-refractivity contribution is -0.144. The Bertz CT molecular complexity index is 1010. The summed E-state index contributed by atoms with van der Waals surface area (Å²) < 4.78 is 10.7. The average Bonchev–Trinajstić information content (AvgIpc) is 2.79. The summed E-state index contributed by atoms with van der Waals surface area (Å²) in [4.78, 5) is 45.1. The number of benzene rings is 1. The number of nitrogens with zero attached hydrogens (tertiary/aromatic N) is 1. The number of aromatic nitrogens is 2. The number of rotatable bonds is 10. The third-order valence-electron chi connectivity index (χ3n) is 5.16. The van der Waals surface area contributed by atoms with Crippen molar-refractivity contribution in [1.29, 1.82) is 0 Å². The number of carbonyl (C=O) groups excluding carboxylic acids is 2. The molecule has 0 bridgehead atoms. The Labute approximate surface area is 188 Å². The number of hydrogen-bond acceptors (Lipinski definition) is 6. The molecular weight excluding hydrogens is 410 g/mol. The molecule has 174 valence electrons. The molecule has 1 amide bonds. The van der Waals surface area contributed by atoms with Crippen LogP contribution in [0.2, 0.25) is 0 Å². The van der Waals surface area contributed by atoms with Crippen LogP contribution in [-0.2, 0) is 22.4 Å². The van der Waals surface area contributed by atoms with Gasteiger partial charge in [0.2, 0.25) is 0 Å². The molecule has 0 spiro atoms. The standard InChI is InChI=1S/C24H33N3O5/c1-7-12-32-19-11-10-15(22(28)26-20(14(4)5)24(30)31-6)13-17(19)21-25-18(9-3)16(8-2)23(29)27-21/h10-11,13-14,20H,7-9,12H2,1-6H3,(H,26,28)(H,25,27,29). The minimum atomic E-state index is -0.777. The molecule has 0 aliphatic rings. The minimum Gasteiger partial charge on any atom is -0.493 e. The van der Waals surface area contributed by atoms with Gasteiger partial charge in [0, 0.05) is 11.1 Å². The third-order valence-corrected chi connectivity index (χ3v) is 5.16. The van der Waals surface area contributed by atoms with Crippen molar-refractivity contribution in [1.82, 2.24) is 15.3 Å². The second-order valence-electron chi connectivity index (χ2n) is 7.82. The number of esters is 1. The van der Waals surface area contributed by atoms with E-state index in [2.05, 4.69) is 15.3 Å². The van der Waals surface area contributed by atoms with Gasteiger partial charge in [-0.25, -0.2) is 9.78 Å². The van der Waals surface area contributed by atoms with Crippen LogP contribution in [0.4, 0.5) is 0 Å². The highest BCUT2D eigenvalue weighted by Crippen LogP contribution is 2.29. The predicted molar refractivity (Wildman–Crippen MR) is 123 cm³/mol. The molecule has 2 rings (SSSR count). The first-order valence-corrected chi connectivity index (χ1v) is 11.0. The molecule has 0 aliphatic heterocycles. The lowest BCUT2D eigenvalue weighted by Gasteiger charge is -2.20. The SMILES string of the molecule is CCCOc1ccc(C(=O)NC(C(=O)OC)C(C)C)cc1-c1nc(CC)c(CC)c(=O)[nH]1. The van der Waals surface area contributed by atoms with E-state index in [1.54, 1.807) is 18.2 Å². The molecule has 1 unspecified atom stereocenters. The summed E-state index contributed by atoms with van der Waals surface area (Å²) in [7, 11) is 1.29. The summed E-state index contributed by atoms with van der Waals surface area (Å²) in [6, 6.07) is 4.15. The molecule has 0 saturated carbocycles. The fraction of sp³-hybridized carbons (Fsp3) is 0.500. The minimum absolute atomic E-state index is 0.148. The van der Waals surface area contributed by atoms with Crippen molar-refractivity contribution in [2.75, 3.05) is 13.7 Å². The maximum atomic E-state index is 12.9. The highest BCUT2D eigenvalue weighted by Gasteiger charge is 2.26. The zero-order valence-electron chi connectivity index (χ0n) is 19.7. The van der Waals surface area contributed by atoms with Crippen molar-refractivity contribution in [3.8, 4) is 17.1 Å². The van der Waals surface area contributed by atoms with E-state index in [1.807, 2.05) is 34.6 Å². The molecule has 1 aromatic heterocycles. The summed E-state index contributed by atoms with van der Waals surface area (Å²) in [6.45, 7) is 9.98. The Morgan fingerprint density at radius 2 is 1.88 bits per heavy atom. The number of amides is 1. The highest BCUT2D eigenvalue weighted by molar-refractivity contribution is 5.98. The largest absolute Gasteiger partial charge is 0.493 e. The first-order chi connectivity index (χ1) is 15.3. The number of carbonyl (C=O) groups is 2. The number of hydrogen-bond donors (Lipinski definition) is 2. The van der Waals surface area contributed by atoms with Crippen molar-refractivity contribution in [2.24, 2.45) is 5.92 Å². The summed E-state index contributed by atoms with van der Waals surface area (Å²) >= 11 is 0. The van der Waals surface area contributed by atoms with Crippen molar-refractivity contribution >= 4 is 11.9 Å². The van der Waals surface area contributed by atoms with Crippen LogP contribution in [0.3, 0.4) is 0 Å². The average molecular weight is 444 g/mol.